The van der Waals surface area contributed by atoms with Gasteiger partial charge in [-0.1, -0.05) is 162 Å². The number of rotatable bonds is 32. The Morgan fingerprint density at radius 1 is 0.550 bits per heavy atom. The van der Waals surface area contributed by atoms with Crippen molar-refractivity contribution in [2.75, 3.05) is 13.2 Å². The van der Waals surface area contributed by atoms with E-state index in [0.29, 0.717) is 12.3 Å². The maximum atomic E-state index is 11.7. The zero-order valence-electron chi connectivity index (χ0n) is 27.0. The molecule has 0 aromatic carbocycles. The van der Waals surface area contributed by atoms with E-state index in [1.165, 1.54) is 148 Å². The Labute approximate surface area is 249 Å². The molecule has 0 aromatic heterocycles. The largest absolute Gasteiger partial charge is 0.394 e. The number of carbonyl (C=O) groups excluding carboxylic acids is 1. The molecule has 0 aliphatic rings. The standard InChI is InChI=1S/C35H71NO4/c1-3-4-5-6-7-8-9-12-15-18-21-24-27-32(2)34(39)28-25-22-19-16-13-10-11-14-17-20-23-26-29-35(40)36-33(30-37)31-38/h32-34,37-39H,3-31H2,1-2H3,(H,36,40). The fourth-order valence-electron chi connectivity index (χ4n) is 5.64. The van der Waals surface area contributed by atoms with Crippen molar-refractivity contribution in [3.8, 4) is 0 Å². The molecule has 5 heteroatoms. The van der Waals surface area contributed by atoms with Crippen LogP contribution in [0.2, 0.25) is 0 Å². The SMILES string of the molecule is CCCCCCCCCCCCCCC(C)C(O)CCCCCCCCCCCCCCC(=O)NC(CO)CO. The van der Waals surface area contributed by atoms with E-state index in [2.05, 4.69) is 19.2 Å². The molecule has 4 N–H and O–H groups in total. The van der Waals surface area contributed by atoms with Crippen LogP contribution < -0.4 is 5.32 Å². The maximum Gasteiger partial charge on any atom is 0.220 e. The molecule has 2 atom stereocenters. The van der Waals surface area contributed by atoms with Gasteiger partial charge in [-0.05, 0) is 25.2 Å². The Balaban J connectivity index is 3.35. The number of nitrogens with one attached hydrogen (secondary N) is 1. The van der Waals surface area contributed by atoms with Crippen LogP contribution in [0.15, 0.2) is 0 Å². The minimum Gasteiger partial charge on any atom is -0.394 e. The molecule has 0 radical (unpaired) electrons. The summed E-state index contributed by atoms with van der Waals surface area (Å²) in [6, 6.07) is -0.526. The van der Waals surface area contributed by atoms with Gasteiger partial charge in [-0.2, -0.15) is 0 Å². The third kappa shape index (κ3) is 27.5. The molecule has 1 amide bonds. The lowest BCUT2D eigenvalue weighted by Crippen LogP contribution is -2.39. The molecule has 0 aliphatic heterocycles. The van der Waals surface area contributed by atoms with Crippen LogP contribution in [0, 0.1) is 5.92 Å². The fourth-order valence-corrected chi connectivity index (χ4v) is 5.64. The number of aliphatic hydroxyl groups is 3. The van der Waals surface area contributed by atoms with E-state index in [-0.39, 0.29) is 25.2 Å². The molecule has 0 fully saturated rings. The molecule has 2 unspecified atom stereocenters. The summed E-state index contributed by atoms with van der Waals surface area (Å²) >= 11 is 0. The van der Waals surface area contributed by atoms with Gasteiger partial charge in [0.15, 0.2) is 0 Å². The molecule has 0 saturated carbocycles. The van der Waals surface area contributed by atoms with Crippen LogP contribution >= 0.6 is 0 Å². The van der Waals surface area contributed by atoms with Crippen LogP contribution in [0.1, 0.15) is 187 Å². The van der Waals surface area contributed by atoms with Crippen LogP contribution in [0.25, 0.3) is 0 Å². The highest BCUT2D eigenvalue weighted by Crippen LogP contribution is 2.20. The molecule has 0 heterocycles. The first-order valence-corrected chi connectivity index (χ1v) is 17.7. The topological polar surface area (TPSA) is 89.8 Å². The van der Waals surface area contributed by atoms with Gasteiger partial charge in [-0.25, -0.2) is 0 Å². The minimum atomic E-state index is -0.526. The molecule has 0 aromatic rings. The molecular formula is C35H71NO4. The Morgan fingerprint density at radius 3 is 1.30 bits per heavy atom. The number of hydrogen-bond acceptors (Lipinski definition) is 4. The van der Waals surface area contributed by atoms with Gasteiger partial charge >= 0.3 is 0 Å². The second-order valence-electron chi connectivity index (χ2n) is 12.6. The van der Waals surface area contributed by atoms with Gasteiger partial charge in [0.2, 0.25) is 5.91 Å². The summed E-state index contributed by atoms with van der Waals surface area (Å²) in [7, 11) is 0. The smallest absolute Gasteiger partial charge is 0.220 e. The van der Waals surface area contributed by atoms with Gasteiger partial charge in [0.05, 0.1) is 25.4 Å². The normalized spacial score (nSPS) is 13.2. The Kier molecular flexibility index (Phi) is 30.8. The van der Waals surface area contributed by atoms with Crippen molar-refractivity contribution in [1.82, 2.24) is 5.32 Å². The average molecular weight is 570 g/mol. The van der Waals surface area contributed by atoms with Crippen molar-refractivity contribution in [2.45, 2.75) is 199 Å². The van der Waals surface area contributed by atoms with Crippen LogP contribution in [0.5, 0.6) is 0 Å². The van der Waals surface area contributed by atoms with Crippen LogP contribution in [0.3, 0.4) is 0 Å². The first-order valence-electron chi connectivity index (χ1n) is 17.7. The molecule has 0 rings (SSSR count). The summed E-state index contributed by atoms with van der Waals surface area (Å²) in [5, 5.41) is 31.1. The molecule has 5 nitrogen and oxygen atoms in total. The maximum absolute atomic E-state index is 11.7. The Bertz CT molecular complexity index is 512. The van der Waals surface area contributed by atoms with Gasteiger partial charge in [0.1, 0.15) is 0 Å². The molecule has 0 saturated heterocycles. The van der Waals surface area contributed by atoms with Crippen LogP contribution in [0.4, 0.5) is 0 Å². The van der Waals surface area contributed by atoms with E-state index in [1.54, 1.807) is 0 Å². The number of aliphatic hydroxyl groups excluding tert-OH is 3. The Morgan fingerprint density at radius 2 is 0.900 bits per heavy atom. The lowest BCUT2D eigenvalue weighted by molar-refractivity contribution is -0.122. The van der Waals surface area contributed by atoms with Crippen molar-refractivity contribution < 1.29 is 20.1 Å². The first kappa shape index (κ1) is 39.4. The van der Waals surface area contributed by atoms with Crippen molar-refractivity contribution in [1.29, 1.82) is 0 Å². The molecule has 0 spiro atoms. The van der Waals surface area contributed by atoms with Gasteiger partial charge < -0.3 is 20.6 Å². The molecule has 40 heavy (non-hydrogen) atoms. The van der Waals surface area contributed by atoms with Crippen molar-refractivity contribution in [3.05, 3.63) is 0 Å². The van der Waals surface area contributed by atoms with E-state index in [1.807, 2.05) is 0 Å². The summed E-state index contributed by atoms with van der Waals surface area (Å²) < 4.78 is 0. The van der Waals surface area contributed by atoms with Crippen molar-refractivity contribution in [3.63, 3.8) is 0 Å². The number of hydrogen-bond donors (Lipinski definition) is 4. The van der Waals surface area contributed by atoms with Crippen LogP contribution in [-0.4, -0.2) is 46.6 Å². The molecule has 0 bridgehead atoms. The van der Waals surface area contributed by atoms with E-state index >= 15 is 0 Å². The second-order valence-corrected chi connectivity index (χ2v) is 12.6. The van der Waals surface area contributed by atoms with Gasteiger partial charge in [0, 0.05) is 6.42 Å². The van der Waals surface area contributed by atoms with Crippen molar-refractivity contribution in [2.24, 2.45) is 5.92 Å². The highest BCUT2D eigenvalue weighted by molar-refractivity contribution is 5.76. The zero-order chi connectivity index (χ0) is 29.5. The second kappa shape index (κ2) is 31.3. The summed E-state index contributed by atoms with van der Waals surface area (Å²) in [5.74, 6) is 0.372. The van der Waals surface area contributed by atoms with E-state index < -0.39 is 6.04 Å². The summed E-state index contributed by atoms with van der Waals surface area (Å²) in [6.45, 7) is 4.09. The summed E-state index contributed by atoms with van der Waals surface area (Å²) in [6.07, 6.45) is 33.9. The van der Waals surface area contributed by atoms with Gasteiger partial charge in [-0.15, -0.1) is 0 Å². The summed E-state index contributed by atoms with van der Waals surface area (Å²) in [5.41, 5.74) is 0. The lowest BCUT2D eigenvalue weighted by Gasteiger charge is -2.18. The molecular weight excluding hydrogens is 498 g/mol. The highest BCUT2D eigenvalue weighted by Gasteiger charge is 2.13. The van der Waals surface area contributed by atoms with E-state index in [4.69, 9.17) is 10.2 Å². The zero-order valence-corrected chi connectivity index (χ0v) is 27.0. The predicted octanol–water partition coefficient (Wildman–Crippen LogP) is 9.01. The highest BCUT2D eigenvalue weighted by atomic mass is 16.3. The predicted molar refractivity (Wildman–Crippen MR) is 172 cm³/mol. The van der Waals surface area contributed by atoms with Gasteiger partial charge in [-0.3, -0.25) is 4.79 Å². The van der Waals surface area contributed by atoms with Gasteiger partial charge in [0.25, 0.3) is 0 Å². The lowest BCUT2D eigenvalue weighted by atomic mass is 9.93. The molecule has 240 valence electrons. The third-order valence-electron chi connectivity index (χ3n) is 8.63. The number of amides is 1. The third-order valence-corrected chi connectivity index (χ3v) is 8.63. The Hall–Kier alpha value is -0.650. The van der Waals surface area contributed by atoms with Crippen LogP contribution in [-0.2, 0) is 4.79 Å². The average Bonchev–Trinajstić information content (AvgIpc) is 2.96. The monoisotopic (exact) mass is 570 g/mol. The summed E-state index contributed by atoms with van der Waals surface area (Å²) in [4.78, 5) is 11.7. The quantitative estimate of drug-likeness (QED) is 0.0608. The minimum absolute atomic E-state index is 0.0769. The van der Waals surface area contributed by atoms with E-state index in [9.17, 15) is 9.90 Å². The fraction of sp³-hybridized carbons (Fsp3) is 0.971. The van der Waals surface area contributed by atoms with E-state index in [0.717, 1.165) is 19.3 Å². The van der Waals surface area contributed by atoms with Crippen molar-refractivity contribution >= 4 is 5.91 Å². The number of carbonyl (C=O) groups is 1. The first-order chi connectivity index (χ1) is 19.5. The number of unbranched alkanes of at least 4 members (excludes halogenated alkanes) is 22. The molecule has 0 aliphatic carbocycles.